The Hall–Kier alpha value is -2.20. The molecule has 0 aromatic carbocycles. The second kappa shape index (κ2) is 43.1. The average molecular weight is 941 g/mol. The van der Waals surface area contributed by atoms with Gasteiger partial charge in [0.1, 0.15) is 30.5 Å². The van der Waals surface area contributed by atoms with Gasteiger partial charge in [-0.25, -0.2) is 4.18 Å². The molecule has 65 heavy (non-hydrogen) atoms. The fourth-order valence-corrected chi connectivity index (χ4v) is 8.09. The Morgan fingerprint density at radius 3 is 1.55 bits per heavy atom. The van der Waals surface area contributed by atoms with Crippen LogP contribution in [0.1, 0.15) is 200 Å². The van der Waals surface area contributed by atoms with E-state index in [0.29, 0.717) is 13.0 Å². The van der Waals surface area contributed by atoms with Crippen molar-refractivity contribution < 1.29 is 56.2 Å². The van der Waals surface area contributed by atoms with Crippen LogP contribution in [0.5, 0.6) is 0 Å². The van der Waals surface area contributed by atoms with Gasteiger partial charge in [-0.3, -0.25) is 9.35 Å². The summed E-state index contributed by atoms with van der Waals surface area (Å²) in [5, 5.41) is 30.7. The monoisotopic (exact) mass is 941 g/mol. The van der Waals surface area contributed by atoms with Crippen LogP contribution in [-0.4, -0.2) is 97.5 Å². The van der Waals surface area contributed by atoms with Gasteiger partial charge in [0.25, 0.3) is 0 Å². The van der Waals surface area contributed by atoms with E-state index in [-0.39, 0.29) is 19.6 Å². The van der Waals surface area contributed by atoms with Crippen LogP contribution in [0, 0.1) is 0 Å². The van der Waals surface area contributed by atoms with E-state index in [2.05, 4.69) is 78.8 Å². The highest BCUT2D eigenvalue weighted by Crippen LogP contribution is 2.26. The molecule has 6 unspecified atom stereocenters. The van der Waals surface area contributed by atoms with E-state index in [9.17, 15) is 33.1 Å². The summed E-state index contributed by atoms with van der Waals surface area (Å²) in [5.74, 6) is -0.410. The molecule has 6 atom stereocenters. The van der Waals surface area contributed by atoms with Gasteiger partial charge in [-0.1, -0.05) is 197 Å². The van der Waals surface area contributed by atoms with E-state index in [1.807, 2.05) is 0 Å². The molecule has 1 saturated heterocycles. The number of carbonyl (C=O) groups excluding carboxylic acids is 1. The Morgan fingerprint density at radius 2 is 1.06 bits per heavy atom. The van der Waals surface area contributed by atoms with E-state index >= 15 is 0 Å². The first-order valence-corrected chi connectivity index (χ1v) is 26.9. The Morgan fingerprint density at radius 1 is 0.600 bits per heavy atom. The lowest BCUT2D eigenvalue weighted by Gasteiger charge is -2.41. The van der Waals surface area contributed by atoms with Crippen molar-refractivity contribution in [2.75, 3.05) is 26.4 Å². The second-order valence-electron chi connectivity index (χ2n) is 17.4. The molecule has 378 valence electrons. The third-order valence-corrected chi connectivity index (χ3v) is 11.9. The van der Waals surface area contributed by atoms with Crippen LogP contribution >= 0.6 is 0 Å². The van der Waals surface area contributed by atoms with Crippen molar-refractivity contribution in [1.29, 1.82) is 0 Å². The highest BCUT2D eigenvalue weighted by atomic mass is 32.3. The molecular weight excluding hydrogens is 849 g/mol. The van der Waals surface area contributed by atoms with Crippen LogP contribution < -0.4 is 0 Å². The lowest BCUT2D eigenvalue weighted by molar-refractivity contribution is -0.301. The first-order valence-electron chi connectivity index (χ1n) is 25.5. The molecule has 0 amide bonds. The van der Waals surface area contributed by atoms with Gasteiger partial charge in [0.05, 0.1) is 19.8 Å². The molecule has 12 nitrogen and oxygen atoms in total. The normalized spacial score (nSPS) is 20.1. The van der Waals surface area contributed by atoms with Gasteiger partial charge >= 0.3 is 16.4 Å². The molecule has 1 fully saturated rings. The molecule has 1 aliphatic heterocycles. The maximum atomic E-state index is 12.9. The van der Waals surface area contributed by atoms with Gasteiger partial charge in [0, 0.05) is 13.0 Å². The Labute approximate surface area is 395 Å². The maximum Gasteiger partial charge on any atom is 0.397 e. The summed E-state index contributed by atoms with van der Waals surface area (Å²) in [5.41, 5.74) is 0. The molecule has 0 bridgehead atoms. The van der Waals surface area contributed by atoms with Crippen LogP contribution in [0.4, 0.5) is 0 Å². The van der Waals surface area contributed by atoms with Crippen molar-refractivity contribution >= 4 is 16.4 Å². The van der Waals surface area contributed by atoms with Crippen molar-refractivity contribution in [3.05, 3.63) is 60.8 Å². The Bertz CT molecular complexity index is 1360. The lowest BCUT2D eigenvalue weighted by Crippen LogP contribution is -2.60. The number of hydrogen-bond acceptors (Lipinski definition) is 11. The molecule has 1 rings (SSSR count). The number of aliphatic hydroxyl groups excluding tert-OH is 3. The third kappa shape index (κ3) is 36.5. The first kappa shape index (κ1) is 60.8. The zero-order valence-electron chi connectivity index (χ0n) is 40.5. The predicted octanol–water partition coefficient (Wildman–Crippen LogP) is 11.7. The first-order chi connectivity index (χ1) is 31.6. The number of rotatable bonds is 44. The van der Waals surface area contributed by atoms with Crippen molar-refractivity contribution in [2.24, 2.45) is 0 Å². The predicted molar refractivity (Wildman–Crippen MR) is 262 cm³/mol. The van der Waals surface area contributed by atoms with E-state index in [1.165, 1.54) is 89.9 Å². The summed E-state index contributed by atoms with van der Waals surface area (Å²) in [6.45, 7) is 3.88. The summed E-state index contributed by atoms with van der Waals surface area (Å²) in [4.78, 5) is 12.9. The smallest absolute Gasteiger partial charge is 0.397 e. The number of hydrogen-bond donors (Lipinski definition) is 4. The van der Waals surface area contributed by atoms with Crippen LogP contribution in [0.3, 0.4) is 0 Å². The van der Waals surface area contributed by atoms with Crippen molar-refractivity contribution in [3.63, 3.8) is 0 Å². The minimum atomic E-state index is -5.07. The van der Waals surface area contributed by atoms with Gasteiger partial charge < -0.3 is 34.3 Å². The minimum absolute atomic E-state index is 0.0315. The molecule has 0 spiro atoms. The van der Waals surface area contributed by atoms with E-state index in [4.69, 9.17) is 18.9 Å². The summed E-state index contributed by atoms with van der Waals surface area (Å²) < 4.78 is 59.2. The van der Waals surface area contributed by atoms with Crippen LogP contribution in [0.2, 0.25) is 0 Å². The number of allylic oxidation sites excluding steroid dienone is 10. The lowest BCUT2D eigenvalue weighted by atomic mass is 9.99. The highest BCUT2D eigenvalue weighted by molar-refractivity contribution is 7.80. The van der Waals surface area contributed by atoms with E-state index < -0.39 is 59.8 Å². The fraction of sp³-hybridized carbons (Fsp3) is 0.788. The molecule has 0 aromatic heterocycles. The Balaban J connectivity index is 2.37. The molecule has 1 aliphatic rings. The summed E-state index contributed by atoms with van der Waals surface area (Å²) in [7, 11) is -5.07. The molecular formula is C52H92O12S. The van der Waals surface area contributed by atoms with Gasteiger partial charge in [0.2, 0.25) is 0 Å². The summed E-state index contributed by atoms with van der Waals surface area (Å²) in [6.07, 6.45) is 45.3. The molecule has 0 saturated carbocycles. The zero-order chi connectivity index (χ0) is 47.5. The average Bonchev–Trinajstić information content (AvgIpc) is 3.28. The van der Waals surface area contributed by atoms with Crippen LogP contribution in [-0.2, 0) is 38.3 Å². The second-order valence-corrected chi connectivity index (χ2v) is 18.4. The molecule has 4 N–H and O–H groups in total. The zero-order valence-corrected chi connectivity index (χ0v) is 41.4. The van der Waals surface area contributed by atoms with Crippen molar-refractivity contribution in [1.82, 2.24) is 0 Å². The molecule has 1 heterocycles. The fourth-order valence-electron chi connectivity index (χ4n) is 7.58. The highest BCUT2D eigenvalue weighted by Gasteiger charge is 2.48. The van der Waals surface area contributed by atoms with Gasteiger partial charge in [-0.2, -0.15) is 8.42 Å². The van der Waals surface area contributed by atoms with E-state index in [0.717, 1.165) is 83.5 Å². The SMILES string of the molecule is CC/C=C\C/C=C\C/C=C\C/C=C\C/C=C\CCCCCCCCCC(=O)OC(COCCCCCCCCCCCCCCCCC)COC1OC(CO)C(O)C(OS(=O)(=O)O)C1O. The number of carbonyl (C=O) groups is 1. The molecule has 13 heteroatoms. The Kier molecular flexibility index (Phi) is 40.3. The standard InChI is InChI=1S/C52H92O12S/c1-3-5-7-9-11-13-15-17-19-20-21-22-23-24-25-26-27-29-31-33-35-37-39-41-48(54)62-46(45-61-52-50(56)51(64-65(57,58)59)49(55)47(43-53)63-52)44-60-42-40-38-36-34-32-30-28-18-16-14-12-10-8-6-4-2/h5,7,11,13,17,19,21-22,24-25,46-47,49-53,55-56H,3-4,6,8-10,12,14-16,18,20,23,26-45H2,1-2H3,(H,57,58,59)/b7-5-,13-11-,19-17-,22-21-,25-24-. The quantitative estimate of drug-likeness (QED) is 0.0197. The number of aliphatic hydroxyl groups is 3. The minimum Gasteiger partial charge on any atom is -0.457 e. The van der Waals surface area contributed by atoms with Gasteiger partial charge in [0.15, 0.2) is 6.29 Å². The molecule has 0 aliphatic carbocycles. The third-order valence-electron chi connectivity index (χ3n) is 11.4. The molecule has 0 radical (unpaired) electrons. The number of unbranched alkanes of at least 4 members (excludes halogenated alkanes) is 21. The summed E-state index contributed by atoms with van der Waals surface area (Å²) in [6, 6.07) is 0. The number of esters is 1. The van der Waals surface area contributed by atoms with Gasteiger partial charge in [-0.05, 0) is 57.8 Å². The molecule has 0 aromatic rings. The maximum absolute atomic E-state index is 12.9. The largest absolute Gasteiger partial charge is 0.457 e. The van der Waals surface area contributed by atoms with Crippen LogP contribution in [0.25, 0.3) is 0 Å². The topological polar surface area (TPSA) is 178 Å². The van der Waals surface area contributed by atoms with Crippen LogP contribution in [0.15, 0.2) is 60.8 Å². The summed E-state index contributed by atoms with van der Waals surface area (Å²) >= 11 is 0. The van der Waals surface area contributed by atoms with E-state index in [1.54, 1.807) is 0 Å². The van der Waals surface area contributed by atoms with Crippen molar-refractivity contribution in [3.8, 4) is 0 Å². The number of ether oxygens (including phenoxy) is 4. The van der Waals surface area contributed by atoms with Gasteiger partial charge in [-0.15, -0.1) is 0 Å². The van der Waals surface area contributed by atoms with Crippen molar-refractivity contribution in [2.45, 2.75) is 237 Å².